The lowest BCUT2D eigenvalue weighted by molar-refractivity contribution is -0.114. The van der Waals surface area contributed by atoms with Crippen LogP contribution in [0.5, 0.6) is 0 Å². The molecule has 32 heavy (non-hydrogen) atoms. The highest BCUT2D eigenvalue weighted by molar-refractivity contribution is 6.45. The van der Waals surface area contributed by atoms with Gasteiger partial charge in [-0.05, 0) is 55.8 Å². The van der Waals surface area contributed by atoms with Gasteiger partial charge in [-0.15, -0.1) is 0 Å². The second kappa shape index (κ2) is 13.5. The number of amides is 1. The Bertz CT molecular complexity index is 950. The summed E-state index contributed by atoms with van der Waals surface area (Å²) in [5.74, 6) is 0.0288. The number of nitrogens with zero attached hydrogens (tertiary/aromatic N) is 1. The molecule has 174 valence electrons. The van der Waals surface area contributed by atoms with Crippen molar-refractivity contribution in [2.75, 3.05) is 6.54 Å². The molecule has 0 fully saturated rings. The van der Waals surface area contributed by atoms with E-state index in [9.17, 15) is 4.79 Å². The molecule has 0 bridgehead atoms. The topological polar surface area (TPSA) is 136 Å². The molecule has 0 heterocycles. The van der Waals surface area contributed by atoms with Crippen molar-refractivity contribution in [2.45, 2.75) is 47.1 Å². The summed E-state index contributed by atoms with van der Waals surface area (Å²) in [6.07, 6.45) is 1.86. The molecule has 0 aliphatic heterocycles. The van der Waals surface area contributed by atoms with Gasteiger partial charge in [0.05, 0.1) is 10.0 Å². The van der Waals surface area contributed by atoms with Gasteiger partial charge in [0.15, 0.2) is 11.8 Å². The van der Waals surface area contributed by atoms with Gasteiger partial charge in [-0.2, -0.15) is 0 Å². The monoisotopic (exact) mass is 480 g/mol. The zero-order chi connectivity index (χ0) is 24.3. The minimum Gasteiger partial charge on any atom is -0.430 e. The molecule has 8 nitrogen and oxygen atoms in total. The highest BCUT2D eigenvalue weighted by atomic mass is 35.5. The Kier molecular flexibility index (Phi) is 11.5. The number of hydrogen-bond donors (Lipinski definition) is 5. The minimum absolute atomic E-state index is 0.0104. The van der Waals surface area contributed by atoms with Crippen LogP contribution in [0.4, 0.5) is 0 Å². The Morgan fingerprint density at radius 1 is 1.19 bits per heavy atom. The maximum atomic E-state index is 12.9. The first kappa shape index (κ1) is 27.2. The predicted octanol–water partition coefficient (Wildman–Crippen LogP) is 4.53. The summed E-state index contributed by atoms with van der Waals surface area (Å²) in [7, 11) is 0. The van der Waals surface area contributed by atoms with Crippen LogP contribution in [0.3, 0.4) is 0 Å². The Balaban J connectivity index is 2.86. The van der Waals surface area contributed by atoms with E-state index in [4.69, 9.17) is 44.5 Å². The van der Waals surface area contributed by atoms with Gasteiger partial charge in [-0.25, -0.2) is 0 Å². The molecular weight excluding hydrogens is 451 g/mol. The van der Waals surface area contributed by atoms with Gasteiger partial charge in [0, 0.05) is 25.9 Å². The molecule has 1 amide bonds. The van der Waals surface area contributed by atoms with Crippen LogP contribution in [0.1, 0.15) is 46.1 Å². The van der Waals surface area contributed by atoms with E-state index in [1.165, 1.54) is 6.20 Å². The molecule has 0 unspecified atom stereocenters. The third-order valence-electron chi connectivity index (χ3n) is 4.21. The Labute approximate surface area is 198 Å². The summed E-state index contributed by atoms with van der Waals surface area (Å²) in [5.41, 5.74) is 8.02. The molecule has 1 rings (SSSR count). The van der Waals surface area contributed by atoms with E-state index in [1.54, 1.807) is 26.0 Å². The van der Waals surface area contributed by atoms with Crippen molar-refractivity contribution in [3.05, 3.63) is 57.0 Å². The largest absolute Gasteiger partial charge is 0.430 e. The minimum atomic E-state index is -0.434. The van der Waals surface area contributed by atoms with E-state index in [0.29, 0.717) is 34.4 Å². The molecule has 0 saturated heterocycles. The SMILES string of the molecule is CCC(=N)OC(=N)CCN=C(C(=O)NC(NCc1ccc(Cl)c(Cl)c1)=C(C)C)C(C)=CN. The molecule has 1 aromatic rings. The zero-order valence-electron chi connectivity index (χ0n) is 18.7. The van der Waals surface area contributed by atoms with Crippen molar-refractivity contribution >= 4 is 46.6 Å². The molecule has 0 atom stereocenters. The van der Waals surface area contributed by atoms with E-state index in [0.717, 1.165) is 11.1 Å². The summed E-state index contributed by atoms with van der Waals surface area (Å²) in [6.45, 7) is 7.74. The molecule has 0 aliphatic rings. The summed E-state index contributed by atoms with van der Waals surface area (Å²) in [4.78, 5) is 17.2. The van der Waals surface area contributed by atoms with Gasteiger partial charge in [0.25, 0.3) is 5.91 Å². The number of ether oxygens (including phenoxy) is 1. The first-order chi connectivity index (χ1) is 15.1. The second-order valence-electron chi connectivity index (χ2n) is 7.06. The fraction of sp³-hybridized carbons (Fsp3) is 0.364. The average Bonchev–Trinajstić information content (AvgIpc) is 2.75. The fourth-order valence-electron chi connectivity index (χ4n) is 2.35. The molecule has 6 N–H and O–H groups in total. The van der Waals surface area contributed by atoms with E-state index in [-0.39, 0.29) is 30.5 Å². The van der Waals surface area contributed by atoms with Crippen LogP contribution in [0.15, 0.2) is 46.4 Å². The highest BCUT2D eigenvalue weighted by Crippen LogP contribution is 2.22. The quantitative estimate of drug-likeness (QED) is 0.248. The Morgan fingerprint density at radius 3 is 2.44 bits per heavy atom. The van der Waals surface area contributed by atoms with Gasteiger partial charge < -0.3 is 21.1 Å². The first-order valence-electron chi connectivity index (χ1n) is 10.0. The third-order valence-corrected chi connectivity index (χ3v) is 4.95. The number of nitrogens with one attached hydrogen (secondary N) is 4. The summed E-state index contributed by atoms with van der Waals surface area (Å²) >= 11 is 12.0. The first-order valence-corrected chi connectivity index (χ1v) is 10.8. The van der Waals surface area contributed by atoms with Crippen molar-refractivity contribution in [3.63, 3.8) is 0 Å². The van der Waals surface area contributed by atoms with E-state index >= 15 is 0 Å². The third kappa shape index (κ3) is 9.11. The van der Waals surface area contributed by atoms with Crippen LogP contribution in [0, 0.1) is 10.8 Å². The van der Waals surface area contributed by atoms with Crippen molar-refractivity contribution in [1.82, 2.24) is 10.6 Å². The van der Waals surface area contributed by atoms with Crippen LogP contribution in [0.25, 0.3) is 0 Å². The van der Waals surface area contributed by atoms with Crippen molar-refractivity contribution in [1.29, 1.82) is 10.8 Å². The number of carbonyl (C=O) groups is 1. The predicted molar refractivity (Wildman–Crippen MR) is 132 cm³/mol. The number of rotatable bonds is 10. The van der Waals surface area contributed by atoms with E-state index in [1.807, 2.05) is 19.9 Å². The number of carbonyl (C=O) groups excluding carboxylic acids is 1. The molecule has 0 spiro atoms. The lowest BCUT2D eigenvalue weighted by Gasteiger charge is -2.16. The van der Waals surface area contributed by atoms with Crippen molar-refractivity contribution < 1.29 is 9.53 Å². The number of nitrogens with two attached hydrogens (primary N) is 1. The van der Waals surface area contributed by atoms with Gasteiger partial charge in [-0.1, -0.05) is 36.2 Å². The van der Waals surface area contributed by atoms with Crippen LogP contribution in [-0.2, 0) is 16.1 Å². The fourth-order valence-corrected chi connectivity index (χ4v) is 2.68. The van der Waals surface area contributed by atoms with Gasteiger partial charge in [-0.3, -0.25) is 20.6 Å². The van der Waals surface area contributed by atoms with Crippen LogP contribution in [0.2, 0.25) is 10.0 Å². The second-order valence-corrected chi connectivity index (χ2v) is 7.88. The Morgan fingerprint density at radius 2 is 1.88 bits per heavy atom. The molecule has 0 aromatic heterocycles. The standard InChI is InChI=1S/C22H30Cl2N6O2/c1-5-18(26)32-19(27)8-9-28-20(14(4)11-25)22(31)30-21(13(2)3)29-12-15-6-7-16(23)17(24)10-15/h6-7,10-11,26-27,29H,5,8-9,12,25H2,1-4H3,(H,30,31). The lowest BCUT2D eigenvalue weighted by Crippen LogP contribution is -2.37. The number of aliphatic imine (C=N–C) groups is 1. The average molecular weight is 481 g/mol. The van der Waals surface area contributed by atoms with Crippen molar-refractivity contribution in [3.8, 4) is 0 Å². The lowest BCUT2D eigenvalue weighted by atomic mass is 10.1. The van der Waals surface area contributed by atoms with Crippen LogP contribution < -0.4 is 16.4 Å². The number of benzene rings is 1. The molecule has 0 saturated carbocycles. The number of allylic oxidation sites excluding steroid dienone is 1. The van der Waals surface area contributed by atoms with Crippen LogP contribution >= 0.6 is 23.2 Å². The number of halogens is 2. The summed E-state index contributed by atoms with van der Waals surface area (Å²) < 4.78 is 5.04. The van der Waals surface area contributed by atoms with E-state index in [2.05, 4.69) is 15.6 Å². The summed E-state index contributed by atoms with van der Waals surface area (Å²) in [5, 5.41) is 22.2. The van der Waals surface area contributed by atoms with Gasteiger partial charge in [0.1, 0.15) is 11.5 Å². The number of hydrogen-bond acceptors (Lipinski definition) is 7. The van der Waals surface area contributed by atoms with Gasteiger partial charge in [0.2, 0.25) is 0 Å². The summed E-state index contributed by atoms with van der Waals surface area (Å²) in [6, 6.07) is 5.31. The molecule has 0 aliphatic carbocycles. The maximum Gasteiger partial charge on any atom is 0.275 e. The van der Waals surface area contributed by atoms with Crippen molar-refractivity contribution in [2.24, 2.45) is 10.7 Å². The highest BCUT2D eigenvalue weighted by Gasteiger charge is 2.16. The normalized spacial score (nSPS) is 11.6. The molecule has 1 aromatic carbocycles. The Hall–Kier alpha value is -2.84. The molecule has 10 heteroatoms. The van der Waals surface area contributed by atoms with Crippen LogP contribution in [-0.4, -0.2) is 30.0 Å². The maximum absolute atomic E-state index is 12.9. The zero-order valence-corrected chi connectivity index (χ0v) is 20.2. The molecular formula is C22H30Cl2N6O2. The molecule has 0 radical (unpaired) electrons. The smallest absolute Gasteiger partial charge is 0.275 e. The van der Waals surface area contributed by atoms with Gasteiger partial charge >= 0.3 is 0 Å². The van der Waals surface area contributed by atoms with E-state index < -0.39 is 5.91 Å².